The van der Waals surface area contributed by atoms with Crippen molar-refractivity contribution in [3.63, 3.8) is 0 Å². The number of halogens is 1. The van der Waals surface area contributed by atoms with E-state index in [1.165, 1.54) is 0 Å². The molecule has 1 aromatic heterocycles. The zero-order valence-electron chi connectivity index (χ0n) is 13.2. The number of hydrogen-bond donors (Lipinski definition) is 1. The molecular formula is C19H18BrN3O. The summed E-state index contributed by atoms with van der Waals surface area (Å²) in [6.07, 6.45) is 2.51. The number of hydrogen-bond acceptors (Lipinski definition) is 4. The first-order chi connectivity index (χ1) is 11.8. The summed E-state index contributed by atoms with van der Waals surface area (Å²) in [5.74, 6) is 1.59. The minimum atomic E-state index is 0.266. The Balaban J connectivity index is 1.74. The zero-order valence-corrected chi connectivity index (χ0v) is 14.8. The summed E-state index contributed by atoms with van der Waals surface area (Å²) in [4.78, 5) is 9.50. The predicted octanol–water partition coefficient (Wildman–Crippen LogP) is 4.65. The van der Waals surface area contributed by atoms with Gasteiger partial charge in [-0.25, -0.2) is 9.97 Å². The van der Waals surface area contributed by atoms with E-state index in [0.717, 1.165) is 58.6 Å². The molecule has 1 saturated heterocycles. The lowest BCUT2D eigenvalue weighted by Crippen LogP contribution is -2.19. The summed E-state index contributed by atoms with van der Waals surface area (Å²) >= 11 is 3.54. The Kier molecular flexibility index (Phi) is 4.45. The summed E-state index contributed by atoms with van der Waals surface area (Å²) < 4.78 is 6.73. The van der Waals surface area contributed by atoms with Gasteiger partial charge in [0, 0.05) is 28.6 Å². The molecule has 0 aliphatic carbocycles. The summed E-state index contributed by atoms with van der Waals surface area (Å²) in [6, 6.07) is 16.2. The zero-order chi connectivity index (χ0) is 16.4. The summed E-state index contributed by atoms with van der Waals surface area (Å²) in [5, 5.41) is 4.49. The van der Waals surface area contributed by atoms with Crippen molar-refractivity contribution in [3.05, 3.63) is 53.0 Å². The quantitative estimate of drug-likeness (QED) is 0.711. The average Bonchev–Trinajstić information content (AvgIpc) is 3.14. The Bertz CT molecular complexity index is 848. The predicted molar refractivity (Wildman–Crippen MR) is 100 cm³/mol. The normalized spacial score (nSPS) is 17.3. The highest BCUT2D eigenvalue weighted by atomic mass is 79.9. The molecule has 4 rings (SSSR count). The molecule has 1 atom stereocenters. The van der Waals surface area contributed by atoms with E-state index in [-0.39, 0.29) is 6.10 Å². The second-order valence-corrected chi connectivity index (χ2v) is 6.85. The molecule has 2 aromatic carbocycles. The smallest absolute Gasteiger partial charge is 0.162 e. The van der Waals surface area contributed by atoms with Gasteiger partial charge < -0.3 is 10.1 Å². The van der Waals surface area contributed by atoms with Crippen LogP contribution in [0.15, 0.2) is 53.0 Å². The Morgan fingerprint density at radius 3 is 2.79 bits per heavy atom. The van der Waals surface area contributed by atoms with Gasteiger partial charge in [-0.2, -0.15) is 0 Å². The Morgan fingerprint density at radius 1 is 1.12 bits per heavy atom. The maximum atomic E-state index is 5.71. The Labute approximate surface area is 149 Å². The van der Waals surface area contributed by atoms with Gasteiger partial charge in [0.25, 0.3) is 0 Å². The molecule has 24 heavy (non-hydrogen) atoms. The summed E-state index contributed by atoms with van der Waals surface area (Å²) in [5.41, 5.74) is 1.95. The lowest BCUT2D eigenvalue weighted by molar-refractivity contribution is 0.120. The number of benzene rings is 2. The molecule has 1 unspecified atom stereocenters. The minimum Gasteiger partial charge on any atom is -0.376 e. The van der Waals surface area contributed by atoms with Crippen LogP contribution in [0.4, 0.5) is 5.82 Å². The van der Waals surface area contributed by atoms with Gasteiger partial charge in [0.05, 0.1) is 11.6 Å². The lowest BCUT2D eigenvalue weighted by Gasteiger charge is -2.14. The van der Waals surface area contributed by atoms with E-state index in [9.17, 15) is 0 Å². The second kappa shape index (κ2) is 6.87. The monoisotopic (exact) mass is 383 g/mol. The fourth-order valence-electron chi connectivity index (χ4n) is 2.97. The second-order valence-electron chi connectivity index (χ2n) is 5.94. The maximum absolute atomic E-state index is 5.71. The van der Waals surface area contributed by atoms with E-state index in [1.54, 1.807) is 0 Å². The SMILES string of the molecule is Brc1ccc2nc(-c3ccccc3)nc(NCC3CCCO3)c2c1. The van der Waals surface area contributed by atoms with Crippen LogP contribution in [-0.4, -0.2) is 29.2 Å². The van der Waals surface area contributed by atoms with Crippen molar-refractivity contribution in [2.45, 2.75) is 18.9 Å². The Hall–Kier alpha value is -1.98. The van der Waals surface area contributed by atoms with Crippen molar-refractivity contribution >= 4 is 32.7 Å². The molecule has 0 radical (unpaired) electrons. The third kappa shape index (κ3) is 3.28. The highest BCUT2D eigenvalue weighted by molar-refractivity contribution is 9.10. The van der Waals surface area contributed by atoms with Crippen LogP contribution < -0.4 is 5.32 Å². The average molecular weight is 384 g/mol. The molecule has 1 N–H and O–H groups in total. The molecule has 3 aromatic rings. The van der Waals surface area contributed by atoms with Gasteiger partial charge in [0.2, 0.25) is 0 Å². The van der Waals surface area contributed by atoms with Gasteiger partial charge in [0.15, 0.2) is 5.82 Å². The lowest BCUT2D eigenvalue weighted by atomic mass is 10.1. The molecule has 122 valence electrons. The maximum Gasteiger partial charge on any atom is 0.162 e. The molecule has 0 bridgehead atoms. The van der Waals surface area contributed by atoms with Gasteiger partial charge in [-0.1, -0.05) is 46.3 Å². The minimum absolute atomic E-state index is 0.266. The molecule has 0 spiro atoms. The van der Waals surface area contributed by atoms with Crippen molar-refractivity contribution in [2.75, 3.05) is 18.5 Å². The van der Waals surface area contributed by atoms with Crippen molar-refractivity contribution in [1.82, 2.24) is 9.97 Å². The fourth-order valence-corrected chi connectivity index (χ4v) is 3.33. The number of anilines is 1. The first kappa shape index (κ1) is 15.5. The van der Waals surface area contributed by atoms with Gasteiger partial charge in [0.1, 0.15) is 5.82 Å². The molecule has 4 nitrogen and oxygen atoms in total. The number of aromatic nitrogens is 2. The Morgan fingerprint density at radius 2 is 2.00 bits per heavy atom. The highest BCUT2D eigenvalue weighted by Crippen LogP contribution is 2.28. The first-order valence-corrected chi connectivity index (χ1v) is 8.97. The van der Waals surface area contributed by atoms with Crippen LogP contribution in [0.25, 0.3) is 22.3 Å². The van der Waals surface area contributed by atoms with Gasteiger partial charge in [-0.15, -0.1) is 0 Å². The van der Waals surface area contributed by atoms with Gasteiger partial charge >= 0.3 is 0 Å². The van der Waals surface area contributed by atoms with E-state index in [0.29, 0.717) is 0 Å². The summed E-state index contributed by atoms with van der Waals surface area (Å²) in [7, 11) is 0. The van der Waals surface area contributed by atoms with Crippen LogP contribution in [0.5, 0.6) is 0 Å². The van der Waals surface area contributed by atoms with Crippen molar-refractivity contribution < 1.29 is 4.74 Å². The van der Waals surface area contributed by atoms with E-state index in [1.807, 2.05) is 42.5 Å². The topological polar surface area (TPSA) is 47.0 Å². The highest BCUT2D eigenvalue weighted by Gasteiger charge is 2.16. The van der Waals surface area contributed by atoms with E-state index >= 15 is 0 Å². The largest absolute Gasteiger partial charge is 0.376 e. The molecule has 1 aliphatic heterocycles. The third-order valence-electron chi connectivity index (χ3n) is 4.21. The number of nitrogens with one attached hydrogen (secondary N) is 1. The molecule has 1 fully saturated rings. The number of fused-ring (bicyclic) bond motifs is 1. The first-order valence-electron chi connectivity index (χ1n) is 8.18. The van der Waals surface area contributed by atoms with Crippen LogP contribution in [-0.2, 0) is 4.74 Å². The fraction of sp³-hybridized carbons (Fsp3) is 0.263. The van der Waals surface area contributed by atoms with Crippen LogP contribution in [0.2, 0.25) is 0 Å². The third-order valence-corrected chi connectivity index (χ3v) is 4.70. The number of rotatable bonds is 4. The van der Waals surface area contributed by atoms with E-state index in [4.69, 9.17) is 14.7 Å². The summed E-state index contributed by atoms with van der Waals surface area (Å²) in [6.45, 7) is 1.63. The van der Waals surface area contributed by atoms with E-state index < -0.39 is 0 Å². The van der Waals surface area contributed by atoms with Gasteiger partial charge in [-0.05, 0) is 31.0 Å². The number of nitrogens with zero attached hydrogens (tertiary/aromatic N) is 2. The molecule has 0 amide bonds. The molecule has 0 saturated carbocycles. The van der Waals surface area contributed by atoms with Crippen molar-refractivity contribution in [3.8, 4) is 11.4 Å². The molecule has 2 heterocycles. The van der Waals surface area contributed by atoms with Crippen molar-refractivity contribution in [1.29, 1.82) is 0 Å². The molecule has 5 heteroatoms. The van der Waals surface area contributed by atoms with Crippen LogP contribution in [0.1, 0.15) is 12.8 Å². The standard InChI is InChI=1S/C19H18BrN3O/c20-14-8-9-17-16(11-14)19(21-12-15-7-4-10-24-15)23-18(22-17)13-5-2-1-3-6-13/h1-3,5-6,8-9,11,15H,4,7,10,12H2,(H,21,22,23). The van der Waals surface area contributed by atoms with E-state index in [2.05, 4.69) is 27.3 Å². The van der Waals surface area contributed by atoms with Crippen LogP contribution in [0, 0.1) is 0 Å². The van der Waals surface area contributed by atoms with Crippen molar-refractivity contribution in [2.24, 2.45) is 0 Å². The van der Waals surface area contributed by atoms with Crippen LogP contribution >= 0.6 is 15.9 Å². The number of ether oxygens (including phenoxy) is 1. The van der Waals surface area contributed by atoms with Gasteiger partial charge in [-0.3, -0.25) is 0 Å². The van der Waals surface area contributed by atoms with Crippen LogP contribution in [0.3, 0.4) is 0 Å². The molecular weight excluding hydrogens is 366 g/mol. The molecule has 1 aliphatic rings.